The molecule has 0 atom stereocenters. The van der Waals surface area contributed by atoms with E-state index >= 15 is 0 Å². The van der Waals surface area contributed by atoms with Gasteiger partial charge in [-0.05, 0) is 25.0 Å². The third-order valence-electron chi connectivity index (χ3n) is 3.59. The van der Waals surface area contributed by atoms with Crippen LogP contribution in [0.25, 0.3) is 15.7 Å². The molecule has 1 aliphatic heterocycles. The number of aromatic nitrogens is 5. The molecule has 1 saturated heterocycles. The highest BCUT2D eigenvalue weighted by molar-refractivity contribution is 7.19. The van der Waals surface area contributed by atoms with E-state index in [1.165, 1.54) is 11.3 Å². The molecule has 3 aromatic heterocycles. The molecular formula is C13H14N6OS. The van der Waals surface area contributed by atoms with Crippen LogP contribution in [0.15, 0.2) is 18.2 Å². The van der Waals surface area contributed by atoms with Crippen LogP contribution < -0.4 is 5.73 Å². The summed E-state index contributed by atoms with van der Waals surface area (Å²) in [6.45, 7) is 1.54. The smallest absolute Gasteiger partial charge is 0.235 e. The zero-order valence-corrected chi connectivity index (χ0v) is 12.1. The quantitative estimate of drug-likeness (QED) is 0.775. The number of hydrogen-bond donors (Lipinski definition) is 1. The number of anilines is 1. The summed E-state index contributed by atoms with van der Waals surface area (Å²) >= 11 is 1.47. The molecule has 0 aliphatic carbocycles. The third kappa shape index (κ3) is 2.26. The molecule has 0 amide bonds. The second kappa shape index (κ2) is 5.05. The first-order chi connectivity index (χ1) is 10.3. The minimum atomic E-state index is 0.359. The zero-order chi connectivity index (χ0) is 14.2. The van der Waals surface area contributed by atoms with Crippen LogP contribution in [0.4, 0.5) is 5.82 Å². The number of nitrogens with zero attached hydrogens (tertiary/aromatic N) is 5. The summed E-state index contributed by atoms with van der Waals surface area (Å²) in [7, 11) is 0. The van der Waals surface area contributed by atoms with E-state index in [1.54, 1.807) is 6.07 Å². The summed E-state index contributed by atoms with van der Waals surface area (Å²) in [5.74, 6) is 1.76. The van der Waals surface area contributed by atoms with Gasteiger partial charge in [-0.3, -0.25) is 0 Å². The lowest BCUT2D eigenvalue weighted by atomic mass is 10.00. The monoisotopic (exact) mass is 302 g/mol. The Morgan fingerprint density at radius 2 is 2.10 bits per heavy atom. The van der Waals surface area contributed by atoms with Crippen LogP contribution in [-0.2, 0) is 4.74 Å². The summed E-state index contributed by atoms with van der Waals surface area (Å²) in [5.41, 5.74) is 6.50. The van der Waals surface area contributed by atoms with Gasteiger partial charge in [0.15, 0.2) is 10.8 Å². The van der Waals surface area contributed by atoms with Crippen LogP contribution in [0.2, 0.25) is 0 Å². The van der Waals surface area contributed by atoms with Gasteiger partial charge < -0.3 is 10.5 Å². The highest BCUT2D eigenvalue weighted by Crippen LogP contribution is 2.29. The normalized spacial score (nSPS) is 16.6. The number of fused-ring (bicyclic) bond motifs is 1. The molecule has 0 bridgehead atoms. The fourth-order valence-electron chi connectivity index (χ4n) is 2.52. The molecule has 0 spiro atoms. The largest absolute Gasteiger partial charge is 0.384 e. The van der Waals surface area contributed by atoms with Crippen molar-refractivity contribution in [3.8, 4) is 10.7 Å². The van der Waals surface area contributed by atoms with E-state index in [0.29, 0.717) is 11.7 Å². The van der Waals surface area contributed by atoms with E-state index in [0.717, 1.165) is 47.5 Å². The second-order valence-electron chi connectivity index (χ2n) is 4.99. The first kappa shape index (κ1) is 12.7. The molecule has 8 heteroatoms. The van der Waals surface area contributed by atoms with Crippen LogP contribution in [0.1, 0.15) is 24.6 Å². The van der Waals surface area contributed by atoms with Gasteiger partial charge >= 0.3 is 0 Å². The number of pyridine rings is 1. The number of ether oxygens (including phenoxy) is 1. The van der Waals surface area contributed by atoms with Crippen molar-refractivity contribution in [3.63, 3.8) is 0 Å². The van der Waals surface area contributed by atoms with Gasteiger partial charge in [-0.15, -0.1) is 10.2 Å². The second-order valence-corrected chi connectivity index (χ2v) is 5.95. The minimum absolute atomic E-state index is 0.359. The van der Waals surface area contributed by atoms with Crippen LogP contribution in [0.3, 0.4) is 0 Å². The van der Waals surface area contributed by atoms with Crippen LogP contribution in [-0.4, -0.2) is 38.0 Å². The van der Waals surface area contributed by atoms with Crippen molar-refractivity contribution in [3.05, 3.63) is 24.0 Å². The van der Waals surface area contributed by atoms with Crippen molar-refractivity contribution in [1.29, 1.82) is 0 Å². The van der Waals surface area contributed by atoms with Crippen LogP contribution in [0.5, 0.6) is 0 Å². The molecule has 0 unspecified atom stereocenters. The Morgan fingerprint density at radius 1 is 1.24 bits per heavy atom. The predicted molar refractivity (Wildman–Crippen MR) is 79.1 cm³/mol. The van der Waals surface area contributed by atoms with Crippen molar-refractivity contribution >= 4 is 22.1 Å². The SMILES string of the molecule is Nc1cccc(-c2nn3c(C4CCOCC4)nnc3s2)n1. The molecule has 2 N–H and O–H groups in total. The Kier molecular flexibility index (Phi) is 3.04. The third-order valence-corrected chi connectivity index (χ3v) is 4.51. The number of nitrogens with two attached hydrogens (primary N) is 1. The maximum atomic E-state index is 5.73. The van der Waals surface area contributed by atoms with E-state index in [2.05, 4.69) is 20.3 Å². The highest BCUT2D eigenvalue weighted by Gasteiger charge is 2.23. The lowest BCUT2D eigenvalue weighted by molar-refractivity contribution is 0.0832. The summed E-state index contributed by atoms with van der Waals surface area (Å²) in [4.78, 5) is 5.09. The highest BCUT2D eigenvalue weighted by atomic mass is 32.1. The summed E-state index contributed by atoms with van der Waals surface area (Å²) < 4.78 is 7.23. The molecule has 4 heterocycles. The Bertz CT molecular complexity index is 776. The molecule has 21 heavy (non-hydrogen) atoms. The van der Waals surface area contributed by atoms with Crippen LogP contribution in [0, 0.1) is 0 Å². The molecule has 1 aliphatic rings. The molecule has 7 nitrogen and oxygen atoms in total. The lowest BCUT2D eigenvalue weighted by Gasteiger charge is -2.19. The maximum Gasteiger partial charge on any atom is 0.235 e. The molecule has 0 aromatic carbocycles. The van der Waals surface area contributed by atoms with E-state index in [-0.39, 0.29) is 0 Å². The van der Waals surface area contributed by atoms with Gasteiger partial charge in [0.2, 0.25) is 4.96 Å². The van der Waals surface area contributed by atoms with E-state index in [1.807, 2.05) is 16.6 Å². The summed E-state index contributed by atoms with van der Waals surface area (Å²) in [6.07, 6.45) is 1.92. The van der Waals surface area contributed by atoms with Crippen molar-refractivity contribution in [2.24, 2.45) is 0 Å². The first-order valence-electron chi connectivity index (χ1n) is 6.84. The molecule has 4 rings (SSSR count). The Labute approximate surface area is 124 Å². The predicted octanol–water partition coefficient (Wildman–Crippen LogP) is 1.72. The summed E-state index contributed by atoms with van der Waals surface area (Å²) in [5, 5.41) is 13.9. The standard InChI is InChI=1S/C13H14N6OS/c14-10-3-1-2-9(15-10)12-18-19-11(16-17-13(19)21-12)8-4-6-20-7-5-8/h1-3,8H,4-7H2,(H2,14,15). The fourth-order valence-corrected chi connectivity index (χ4v) is 3.33. The molecule has 3 aromatic rings. The van der Waals surface area contributed by atoms with Gasteiger partial charge in [0.05, 0.1) is 0 Å². The topological polar surface area (TPSA) is 91.2 Å². The summed E-state index contributed by atoms with van der Waals surface area (Å²) in [6, 6.07) is 5.53. The lowest BCUT2D eigenvalue weighted by Crippen LogP contribution is -2.16. The van der Waals surface area contributed by atoms with E-state index < -0.39 is 0 Å². The van der Waals surface area contributed by atoms with E-state index in [9.17, 15) is 0 Å². The molecule has 0 radical (unpaired) electrons. The zero-order valence-electron chi connectivity index (χ0n) is 11.3. The minimum Gasteiger partial charge on any atom is -0.384 e. The van der Waals surface area contributed by atoms with Crippen LogP contribution >= 0.6 is 11.3 Å². The molecule has 0 saturated carbocycles. The number of hydrogen-bond acceptors (Lipinski definition) is 7. The fraction of sp³-hybridized carbons (Fsp3) is 0.385. The average molecular weight is 302 g/mol. The van der Waals surface area contributed by atoms with Crippen molar-refractivity contribution < 1.29 is 4.74 Å². The molecule has 108 valence electrons. The van der Waals surface area contributed by atoms with Gasteiger partial charge in [0, 0.05) is 19.1 Å². The first-order valence-corrected chi connectivity index (χ1v) is 7.66. The number of rotatable bonds is 2. The van der Waals surface area contributed by atoms with Crippen molar-refractivity contribution in [2.75, 3.05) is 18.9 Å². The van der Waals surface area contributed by atoms with Crippen molar-refractivity contribution in [1.82, 2.24) is 24.8 Å². The van der Waals surface area contributed by atoms with E-state index in [4.69, 9.17) is 10.5 Å². The van der Waals surface area contributed by atoms with Gasteiger partial charge in [-0.1, -0.05) is 17.4 Å². The maximum absolute atomic E-state index is 5.73. The van der Waals surface area contributed by atoms with Gasteiger partial charge in [-0.2, -0.15) is 9.61 Å². The Hall–Kier alpha value is -2.06. The average Bonchev–Trinajstić information content (AvgIpc) is 3.08. The van der Waals surface area contributed by atoms with Gasteiger partial charge in [0.25, 0.3) is 0 Å². The number of nitrogen functional groups attached to an aromatic ring is 1. The van der Waals surface area contributed by atoms with Gasteiger partial charge in [0.1, 0.15) is 11.5 Å². The molecule has 1 fully saturated rings. The Morgan fingerprint density at radius 3 is 2.90 bits per heavy atom. The van der Waals surface area contributed by atoms with Crippen molar-refractivity contribution in [2.45, 2.75) is 18.8 Å². The molecular weight excluding hydrogens is 288 g/mol. The van der Waals surface area contributed by atoms with Gasteiger partial charge in [-0.25, -0.2) is 4.98 Å². The Balaban J connectivity index is 1.75.